The van der Waals surface area contributed by atoms with Crippen molar-refractivity contribution >= 4 is 10.0 Å². The molecule has 0 fully saturated rings. The molecule has 0 spiro atoms. The summed E-state index contributed by atoms with van der Waals surface area (Å²) in [7, 11) is -3.81. The van der Waals surface area contributed by atoms with Gasteiger partial charge in [0.25, 0.3) is 0 Å². The predicted molar refractivity (Wildman–Crippen MR) is 96.6 cm³/mol. The van der Waals surface area contributed by atoms with Gasteiger partial charge in [-0.25, -0.2) is 8.42 Å². The summed E-state index contributed by atoms with van der Waals surface area (Å²) >= 11 is 0. The first-order valence-electron chi connectivity index (χ1n) is 8.44. The molecule has 1 heterocycles. The number of benzene rings is 2. The highest BCUT2D eigenvalue weighted by Gasteiger charge is 2.31. The van der Waals surface area contributed by atoms with E-state index in [0.717, 1.165) is 0 Å². The van der Waals surface area contributed by atoms with Crippen LogP contribution >= 0.6 is 0 Å². The Bertz CT molecular complexity index is 921. The lowest BCUT2D eigenvalue weighted by Crippen LogP contribution is -2.44. The molecule has 0 aromatic heterocycles. The van der Waals surface area contributed by atoms with Crippen molar-refractivity contribution in [3.63, 3.8) is 0 Å². The highest BCUT2D eigenvalue weighted by atomic mass is 32.2. The first kappa shape index (κ1) is 18.2. The maximum atomic E-state index is 13.1. The van der Waals surface area contributed by atoms with E-state index in [1.54, 1.807) is 18.2 Å². The van der Waals surface area contributed by atoms with Crippen LogP contribution in [0.2, 0.25) is 0 Å². The summed E-state index contributed by atoms with van der Waals surface area (Å²) in [5, 5.41) is 9.25. The molecular formula is C19H20N2O4S. The van der Waals surface area contributed by atoms with E-state index in [1.807, 2.05) is 31.2 Å². The van der Waals surface area contributed by atoms with Gasteiger partial charge < -0.3 is 9.47 Å². The van der Waals surface area contributed by atoms with Gasteiger partial charge in [-0.2, -0.15) is 9.57 Å². The zero-order valence-electron chi connectivity index (χ0n) is 14.5. The molecule has 2 aromatic carbocycles. The summed E-state index contributed by atoms with van der Waals surface area (Å²) in [6, 6.07) is 15.5. The average molecular weight is 372 g/mol. The number of para-hydroxylation sites is 2. The third-order valence-electron chi connectivity index (χ3n) is 4.07. The van der Waals surface area contributed by atoms with Crippen molar-refractivity contribution < 1.29 is 17.9 Å². The van der Waals surface area contributed by atoms with Crippen molar-refractivity contribution in [1.29, 1.82) is 5.26 Å². The molecule has 0 amide bonds. The number of fused-ring (bicyclic) bond motifs is 1. The van der Waals surface area contributed by atoms with E-state index in [1.165, 1.54) is 16.4 Å². The fraction of sp³-hybridized carbons (Fsp3) is 0.316. The fourth-order valence-corrected chi connectivity index (χ4v) is 4.57. The Kier molecular flexibility index (Phi) is 5.45. The second-order valence-electron chi connectivity index (χ2n) is 5.97. The molecule has 1 aliphatic rings. The number of rotatable bonds is 6. The van der Waals surface area contributed by atoms with Crippen LogP contribution in [0, 0.1) is 11.3 Å². The van der Waals surface area contributed by atoms with Gasteiger partial charge in [-0.3, -0.25) is 0 Å². The van der Waals surface area contributed by atoms with Gasteiger partial charge in [0.1, 0.15) is 18.8 Å². The molecular weight excluding hydrogens is 352 g/mol. The van der Waals surface area contributed by atoms with Crippen LogP contribution in [0.25, 0.3) is 0 Å². The van der Waals surface area contributed by atoms with E-state index in [-0.39, 0.29) is 23.6 Å². The molecule has 2 aromatic rings. The molecule has 136 valence electrons. The number of ether oxygens (including phenoxy) is 2. The molecule has 0 aliphatic carbocycles. The zero-order chi connectivity index (χ0) is 18.6. The van der Waals surface area contributed by atoms with Crippen molar-refractivity contribution in [3.05, 3.63) is 54.1 Å². The molecule has 1 aliphatic heterocycles. The molecule has 26 heavy (non-hydrogen) atoms. The molecule has 0 radical (unpaired) electrons. The van der Waals surface area contributed by atoms with Crippen molar-refractivity contribution in [2.45, 2.75) is 24.3 Å². The van der Waals surface area contributed by atoms with Gasteiger partial charge in [-0.05, 0) is 30.7 Å². The Labute approximate surface area is 153 Å². The molecule has 0 unspecified atom stereocenters. The van der Waals surface area contributed by atoms with Gasteiger partial charge in [0.15, 0.2) is 11.5 Å². The number of sulfonamides is 1. The van der Waals surface area contributed by atoms with Crippen molar-refractivity contribution in [2.75, 3.05) is 19.7 Å². The third kappa shape index (κ3) is 3.66. The molecule has 6 nitrogen and oxygen atoms in total. The summed E-state index contributed by atoms with van der Waals surface area (Å²) in [5.41, 5.74) is 0.139. The van der Waals surface area contributed by atoms with E-state index < -0.39 is 16.1 Å². The van der Waals surface area contributed by atoms with Crippen LogP contribution in [0.4, 0.5) is 0 Å². The Balaban J connectivity index is 1.85. The number of hydrogen-bond donors (Lipinski definition) is 0. The molecule has 0 bridgehead atoms. The second kappa shape index (κ2) is 7.77. The number of nitriles is 1. The highest BCUT2D eigenvalue weighted by Crippen LogP contribution is 2.31. The summed E-state index contributed by atoms with van der Waals surface area (Å²) in [6.45, 7) is 2.67. The zero-order valence-corrected chi connectivity index (χ0v) is 15.3. The normalized spacial score (nSPS) is 16.3. The van der Waals surface area contributed by atoms with Crippen LogP contribution in [0.3, 0.4) is 0 Å². The molecule has 0 N–H and O–H groups in total. The summed E-state index contributed by atoms with van der Waals surface area (Å²) in [4.78, 5) is 0.0214. The van der Waals surface area contributed by atoms with Crippen LogP contribution in [-0.4, -0.2) is 38.5 Å². The van der Waals surface area contributed by atoms with E-state index in [0.29, 0.717) is 24.5 Å². The van der Waals surface area contributed by atoms with Crippen LogP contribution in [0.1, 0.15) is 18.9 Å². The first-order chi connectivity index (χ1) is 12.6. The second-order valence-corrected chi connectivity index (χ2v) is 7.87. The van der Waals surface area contributed by atoms with Gasteiger partial charge in [-0.1, -0.05) is 31.2 Å². The quantitative estimate of drug-likeness (QED) is 0.779. The average Bonchev–Trinajstić information content (AvgIpc) is 2.67. The molecule has 3 rings (SSSR count). The van der Waals surface area contributed by atoms with Crippen LogP contribution in [0.5, 0.6) is 11.5 Å². The molecule has 0 saturated carbocycles. The van der Waals surface area contributed by atoms with Crippen molar-refractivity contribution in [1.82, 2.24) is 4.31 Å². The van der Waals surface area contributed by atoms with E-state index in [9.17, 15) is 13.7 Å². The number of hydrogen-bond acceptors (Lipinski definition) is 5. The standard InChI is InChI=1S/C19H20N2O4S/c1-2-11-21(26(22,23)19-10-6-3-7-15(19)12-20)13-16-14-24-17-8-4-5-9-18(17)25-16/h3-10,16H,2,11,13-14H2,1H3/t16-/m0/s1. The van der Waals surface area contributed by atoms with Crippen LogP contribution < -0.4 is 9.47 Å². The van der Waals surface area contributed by atoms with Gasteiger partial charge in [0.05, 0.1) is 17.0 Å². The highest BCUT2D eigenvalue weighted by molar-refractivity contribution is 7.89. The smallest absolute Gasteiger partial charge is 0.244 e. The topological polar surface area (TPSA) is 79.6 Å². The lowest BCUT2D eigenvalue weighted by atomic mass is 10.2. The minimum atomic E-state index is -3.81. The minimum Gasteiger partial charge on any atom is -0.486 e. The van der Waals surface area contributed by atoms with Crippen molar-refractivity contribution in [3.8, 4) is 17.6 Å². The van der Waals surface area contributed by atoms with Gasteiger partial charge in [-0.15, -0.1) is 0 Å². The van der Waals surface area contributed by atoms with Gasteiger partial charge >= 0.3 is 0 Å². The van der Waals surface area contributed by atoms with Gasteiger partial charge in [0.2, 0.25) is 10.0 Å². The van der Waals surface area contributed by atoms with Crippen molar-refractivity contribution in [2.24, 2.45) is 0 Å². The first-order valence-corrected chi connectivity index (χ1v) is 9.88. The Morgan fingerprint density at radius 2 is 1.85 bits per heavy atom. The SMILES string of the molecule is CCCN(C[C@H]1COc2ccccc2O1)S(=O)(=O)c1ccccc1C#N. The van der Waals surface area contributed by atoms with E-state index in [4.69, 9.17) is 9.47 Å². The predicted octanol–water partition coefficient (Wildman–Crippen LogP) is 2.80. The Morgan fingerprint density at radius 1 is 1.15 bits per heavy atom. The summed E-state index contributed by atoms with van der Waals surface area (Å²) in [6.07, 6.45) is 0.235. The van der Waals surface area contributed by atoms with Crippen LogP contribution in [-0.2, 0) is 10.0 Å². The molecule has 1 atom stereocenters. The fourth-order valence-electron chi connectivity index (χ4n) is 2.86. The number of nitrogens with zero attached hydrogens (tertiary/aromatic N) is 2. The van der Waals surface area contributed by atoms with Crippen LogP contribution in [0.15, 0.2) is 53.4 Å². The maximum Gasteiger partial charge on any atom is 0.244 e. The van der Waals surface area contributed by atoms with E-state index in [2.05, 4.69) is 0 Å². The largest absolute Gasteiger partial charge is 0.486 e. The minimum absolute atomic E-state index is 0.0214. The summed E-state index contributed by atoms with van der Waals surface area (Å²) in [5.74, 6) is 1.26. The molecule has 7 heteroatoms. The lowest BCUT2D eigenvalue weighted by Gasteiger charge is -2.31. The third-order valence-corrected chi connectivity index (χ3v) is 6.00. The van der Waals surface area contributed by atoms with Gasteiger partial charge in [0, 0.05) is 6.54 Å². The Morgan fingerprint density at radius 3 is 2.58 bits per heavy atom. The Hall–Kier alpha value is -2.56. The van der Waals surface area contributed by atoms with E-state index >= 15 is 0 Å². The monoisotopic (exact) mass is 372 g/mol. The summed E-state index contributed by atoms with van der Waals surface area (Å²) < 4.78 is 39.1. The maximum absolute atomic E-state index is 13.1. The molecule has 0 saturated heterocycles. The lowest BCUT2D eigenvalue weighted by molar-refractivity contribution is 0.0764.